The molecule has 4 nitrogen and oxygen atoms in total. The average Bonchev–Trinajstić information content (AvgIpc) is 3.26. The minimum atomic E-state index is 0.359. The summed E-state index contributed by atoms with van der Waals surface area (Å²) in [5.74, 6) is 4.18. The van der Waals surface area contributed by atoms with E-state index in [-0.39, 0.29) is 0 Å². The van der Waals surface area contributed by atoms with Gasteiger partial charge in [0, 0.05) is 31.5 Å². The molecular weight excluding hydrogens is 294 g/mol. The van der Waals surface area contributed by atoms with Crippen LogP contribution >= 0.6 is 11.8 Å². The molecule has 1 atom stereocenters. The van der Waals surface area contributed by atoms with Crippen LogP contribution in [0.25, 0.3) is 0 Å². The Balaban J connectivity index is 1.48. The minimum absolute atomic E-state index is 0.359. The van der Waals surface area contributed by atoms with Gasteiger partial charge in [-0.05, 0) is 57.1 Å². The van der Waals surface area contributed by atoms with Gasteiger partial charge in [0.2, 0.25) is 5.91 Å². The highest BCUT2D eigenvalue weighted by molar-refractivity contribution is 7.99. The molecule has 1 aromatic rings. The van der Waals surface area contributed by atoms with Gasteiger partial charge in [0.15, 0.2) is 0 Å². The monoisotopic (exact) mass is 321 g/mol. The van der Waals surface area contributed by atoms with Crippen LogP contribution in [0, 0.1) is 12.8 Å². The second-order valence-electron chi connectivity index (χ2n) is 6.65. The summed E-state index contributed by atoms with van der Waals surface area (Å²) in [6.07, 6.45) is 11.3. The molecule has 2 heterocycles. The normalized spacial score (nSPS) is 22.0. The van der Waals surface area contributed by atoms with E-state index in [1.54, 1.807) is 0 Å². The zero-order valence-corrected chi connectivity index (χ0v) is 14.4. The zero-order chi connectivity index (χ0) is 15.4. The van der Waals surface area contributed by atoms with E-state index < -0.39 is 0 Å². The molecule has 0 bridgehead atoms. The molecule has 1 saturated carbocycles. The number of hydrogen-bond donors (Lipinski definition) is 0. The Hall–Kier alpha value is -0.970. The van der Waals surface area contributed by atoms with Gasteiger partial charge < -0.3 is 9.47 Å². The summed E-state index contributed by atoms with van der Waals surface area (Å²) in [5, 5.41) is 0. The third-order valence-corrected chi connectivity index (χ3v) is 6.01. The van der Waals surface area contributed by atoms with Crippen molar-refractivity contribution in [3.8, 4) is 0 Å². The summed E-state index contributed by atoms with van der Waals surface area (Å²) < 4.78 is 2.19. The molecule has 1 aliphatic heterocycles. The van der Waals surface area contributed by atoms with Gasteiger partial charge in [0.1, 0.15) is 5.82 Å². The lowest BCUT2D eigenvalue weighted by molar-refractivity contribution is -0.132. The number of carbonyl (C=O) groups excluding carboxylic acids is 1. The number of imidazole rings is 1. The molecule has 2 fully saturated rings. The van der Waals surface area contributed by atoms with Crippen LogP contribution in [0.4, 0.5) is 0 Å². The van der Waals surface area contributed by atoms with Crippen LogP contribution in [-0.2, 0) is 11.3 Å². The van der Waals surface area contributed by atoms with Crippen molar-refractivity contribution in [2.45, 2.75) is 58.0 Å². The third kappa shape index (κ3) is 4.28. The quantitative estimate of drug-likeness (QED) is 0.774. The van der Waals surface area contributed by atoms with Gasteiger partial charge in [-0.15, -0.1) is 0 Å². The lowest BCUT2D eigenvalue weighted by Gasteiger charge is -2.36. The molecule has 1 saturated heterocycles. The van der Waals surface area contributed by atoms with Crippen molar-refractivity contribution < 1.29 is 4.79 Å². The van der Waals surface area contributed by atoms with E-state index in [1.165, 1.54) is 31.4 Å². The number of carbonyl (C=O) groups is 1. The SMILES string of the molecule is Cc1nccn1CCC1CCCCN1C(=O)CSCC1CC1. The highest BCUT2D eigenvalue weighted by Crippen LogP contribution is 2.32. The number of thioether (sulfide) groups is 1. The Morgan fingerprint density at radius 1 is 1.36 bits per heavy atom. The maximum atomic E-state index is 12.5. The number of nitrogens with zero attached hydrogens (tertiary/aromatic N) is 3. The zero-order valence-electron chi connectivity index (χ0n) is 13.5. The second kappa shape index (κ2) is 7.53. The van der Waals surface area contributed by atoms with Crippen molar-refractivity contribution in [2.75, 3.05) is 18.1 Å². The lowest BCUT2D eigenvalue weighted by atomic mass is 9.99. The van der Waals surface area contributed by atoms with Crippen molar-refractivity contribution in [1.82, 2.24) is 14.5 Å². The molecule has 122 valence electrons. The van der Waals surface area contributed by atoms with E-state index in [9.17, 15) is 4.79 Å². The van der Waals surface area contributed by atoms with Crippen LogP contribution < -0.4 is 0 Å². The van der Waals surface area contributed by atoms with E-state index in [2.05, 4.69) is 14.5 Å². The highest BCUT2D eigenvalue weighted by Gasteiger charge is 2.27. The molecule has 0 spiro atoms. The largest absolute Gasteiger partial charge is 0.339 e. The molecule has 0 aromatic carbocycles. The second-order valence-corrected chi connectivity index (χ2v) is 7.68. The first kappa shape index (κ1) is 15.9. The summed E-state index contributed by atoms with van der Waals surface area (Å²) in [6.45, 7) is 3.96. The van der Waals surface area contributed by atoms with E-state index in [1.807, 2.05) is 31.1 Å². The number of rotatable bonds is 7. The predicted octanol–water partition coefficient (Wildman–Crippen LogP) is 3.11. The molecule has 3 rings (SSSR count). The molecule has 2 aliphatic rings. The Bertz CT molecular complexity index is 498. The van der Waals surface area contributed by atoms with Gasteiger partial charge in [-0.25, -0.2) is 4.98 Å². The van der Waals surface area contributed by atoms with E-state index in [4.69, 9.17) is 0 Å². The number of piperidine rings is 1. The molecule has 1 aromatic heterocycles. The van der Waals surface area contributed by atoms with E-state index in [0.29, 0.717) is 17.7 Å². The molecule has 0 radical (unpaired) electrons. The van der Waals surface area contributed by atoms with Crippen LogP contribution in [0.3, 0.4) is 0 Å². The number of aromatic nitrogens is 2. The lowest BCUT2D eigenvalue weighted by Crippen LogP contribution is -2.45. The van der Waals surface area contributed by atoms with Gasteiger partial charge in [0.05, 0.1) is 5.75 Å². The van der Waals surface area contributed by atoms with Gasteiger partial charge in [-0.3, -0.25) is 4.79 Å². The predicted molar refractivity (Wildman–Crippen MR) is 91.0 cm³/mol. The Kier molecular flexibility index (Phi) is 5.45. The first-order valence-corrected chi connectivity index (χ1v) is 9.74. The fourth-order valence-corrected chi connectivity index (χ4v) is 4.36. The number of amides is 1. The summed E-state index contributed by atoms with van der Waals surface area (Å²) in [5.41, 5.74) is 0. The Morgan fingerprint density at radius 2 is 2.23 bits per heavy atom. The van der Waals surface area contributed by atoms with Gasteiger partial charge >= 0.3 is 0 Å². The molecule has 1 aliphatic carbocycles. The summed E-state index contributed by atoms with van der Waals surface area (Å²) in [6, 6.07) is 0.421. The fraction of sp³-hybridized carbons (Fsp3) is 0.765. The van der Waals surface area contributed by atoms with Crippen LogP contribution in [0.2, 0.25) is 0 Å². The van der Waals surface area contributed by atoms with Crippen molar-refractivity contribution in [3.05, 3.63) is 18.2 Å². The highest BCUT2D eigenvalue weighted by atomic mass is 32.2. The van der Waals surface area contributed by atoms with Crippen LogP contribution in [0.15, 0.2) is 12.4 Å². The standard InChI is InChI=1S/C17H27N3OS/c1-14-18-8-11-19(14)10-7-16-4-2-3-9-20(16)17(21)13-22-12-15-5-6-15/h8,11,15-16H,2-7,9-10,12-13H2,1H3. The van der Waals surface area contributed by atoms with Crippen molar-refractivity contribution in [1.29, 1.82) is 0 Å². The Morgan fingerprint density at radius 3 is 2.95 bits per heavy atom. The van der Waals surface area contributed by atoms with E-state index in [0.717, 1.165) is 37.7 Å². The van der Waals surface area contributed by atoms with Crippen LogP contribution in [0.1, 0.15) is 44.3 Å². The number of hydrogen-bond acceptors (Lipinski definition) is 3. The third-order valence-electron chi connectivity index (χ3n) is 4.85. The molecular formula is C17H27N3OS. The van der Waals surface area contributed by atoms with Crippen molar-refractivity contribution in [3.63, 3.8) is 0 Å². The smallest absolute Gasteiger partial charge is 0.232 e. The fourth-order valence-electron chi connectivity index (χ4n) is 3.24. The molecule has 0 N–H and O–H groups in total. The summed E-state index contributed by atoms with van der Waals surface area (Å²) in [4.78, 5) is 19.0. The van der Waals surface area contributed by atoms with Crippen molar-refractivity contribution in [2.24, 2.45) is 5.92 Å². The molecule has 5 heteroatoms. The van der Waals surface area contributed by atoms with Crippen LogP contribution in [0.5, 0.6) is 0 Å². The molecule has 22 heavy (non-hydrogen) atoms. The van der Waals surface area contributed by atoms with Gasteiger partial charge in [0.25, 0.3) is 0 Å². The molecule has 1 unspecified atom stereocenters. The maximum absolute atomic E-state index is 12.5. The van der Waals surface area contributed by atoms with Gasteiger partial charge in [-0.2, -0.15) is 11.8 Å². The topological polar surface area (TPSA) is 38.1 Å². The Labute approximate surface area is 137 Å². The average molecular weight is 321 g/mol. The summed E-state index contributed by atoms with van der Waals surface area (Å²) >= 11 is 1.84. The van der Waals surface area contributed by atoms with Crippen LogP contribution in [-0.4, -0.2) is 44.5 Å². The number of likely N-dealkylation sites (tertiary alicyclic amines) is 1. The summed E-state index contributed by atoms with van der Waals surface area (Å²) in [7, 11) is 0. The maximum Gasteiger partial charge on any atom is 0.232 e. The first-order chi connectivity index (χ1) is 10.7. The van der Waals surface area contributed by atoms with Crippen molar-refractivity contribution >= 4 is 17.7 Å². The van der Waals surface area contributed by atoms with Gasteiger partial charge in [-0.1, -0.05) is 0 Å². The molecule has 1 amide bonds. The first-order valence-electron chi connectivity index (χ1n) is 8.59. The minimum Gasteiger partial charge on any atom is -0.339 e. The van der Waals surface area contributed by atoms with E-state index >= 15 is 0 Å². The number of aryl methyl sites for hydroxylation is 2.